The Bertz CT molecular complexity index is 874. The second-order valence-electron chi connectivity index (χ2n) is 7.11. The van der Waals surface area contributed by atoms with E-state index >= 15 is 0 Å². The van der Waals surface area contributed by atoms with Crippen LogP contribution in [0.1, 0.15) is 23.1 Å². The minimum absolute atomic E-state index is 0.0938. The maximum absolute atomic E-state index is 12.5. The lowest BCUT2D eigenvalue weighted by molar-refractivity contribution is -0.125. The van der Waals surface area contributed by atoms with Gasteiger partial charge in [0, 0.05) is 12.2 Å². The molecule has 2 aromatic carbocycles. The van der Waals surface area contributed by atoms with Crippen molar-refractivity contribution in [2.45, 2.75) is 26.8 Å². The van der Waals surface area contributed by atoms with E-state index in [1.807, 2.05) is 44.2 Å². The molecular weight excluding hydrogens is 356 g/mol. The largest absolute Gasteiger partial charge is 0.493 e. The van der Waals surface area contributed by atoms with Gasteiger partial charge < -0.3 is 20.1 Å². The summed E-state index contributed by atoms with van der Waals surface area (Å²) in [6.45, 7) is 4.30. The minimum Gasteiger partial charge on any atom is -0.493 e. The number of hydrogen-bond donors (Lipinski definition) is 2. The zero-order chi connectivity index (χ0) is 20.3. The van der Waals surface area contributed by atoms with E-state index < -0.39 is 0 Å². The molecule has 2 aromatic rings. The SMILES string of the molecule is COc1ccc(CNC(=O)C2CC2C(=O)Nc2c(C)cccc2C)cc1OC. The molecule has 1 fully saturated rings. The Kier molecular flexibility index (Phi) is 5.87. The fraction of sp³-hybridized carbons (Fsp3) is 0.364. The molecule has 2 unspecified atom stereocenters. The van der Waals surface area contributed by atoms with Crippen LogP contribution >= 0.6 is 0 Å². The highest BCUT2D eigenvalue weighted by Gasteiger charge is 2.48. The number of nitrogens with one attached hydrogen (secondary N) is 2. The van der Waals surface area contributed by atoms with Crippen LogP contribution in [0, 0.1) is 25.7 Å². The van der Waals surface area contributed by atoms with Crippen LogP contribution in [0.3, 0.4) is 0 Å². The Labute approximate surface area is 165 Å². The van der Waals surface area contributed by atoms with E-state index in [9.17, 15) is 9.59 Å². The monoisotopic (exact) mass is 382 g/mol. The summed E-state index contributed by atoms with van der Waals surface area (Å²) in [6, 6.07) is 11.4. The van der Waals surface area contributed by atoms with Gasteiger partial charge in [-0.15, -0.1) is 0 Å². The van der Waals surface area contributed by atoms with Crippen molar-refractivity contribution in [2.75, 3.05) is 19.5 Å². The molecule has 0 bridgehead atoms. The summed E-state index contributed by atoms with van der Waals surface area (Å²) in [5.74, 6) is 0.517. The molecule has 2 amide bonds. The topological polar surface area (TPSA) is 76.7 Å². The number of aryl methyl sites for hydroxylation is 2. The van der Waals surface area contributed by atoms with Gasteiger partial charge in [0.2, 0.25) is 11.8 Å². The number of carbonyl (C=O) groups is 2. The lowest BCUT2D eigenvalue weighted by Gasteiger charge is -2.12. The molecule has 28 heavy (non-hydrogen) atoms. The molecule has 1 aliphatic carbocycles. The smallest absolute Gasteiger partial charge is 0.228 e. The lowest BCUT2D eigenvalue weighted by Crippen LogP contribution is -2.27. The van der Waals surface area contributed by atoms with Crippen molar-refractivity contribution < 1.29 is 19.1 Å². The molecular formula is C22H26N2O4. The molecule has 0 spiro atoms. The first-order valence-electron chi connectivity index (χ1n) is 9.30. The zero-order valence-corrected chi connectivity index (χ0v) is 16.7. The third kappa shape index (κ3) is 4.27. The Morgan fingerprint density at radius 3 is 2.25 bits per heavy atom. The first-order chi connectivity index (χ1) is 13.4. The molecule has 2 N–H and O–H groups in total. The van der Waals surface area contributed by atoms with Crippen molar-refractivity contribution in [2.24, 2.45) is 11.8 Å². The molecule has 1 aliphatic rings. The molecule has 6 nitrogen and oxygen atoms in total. The number of methoxy groups -OCH3 is 2. The van der Waals surface area contributed by atoms with Crippen molar-refractivity contribution in [3.05, 3.63) is 53.1 Å². The number of para-hydroxylation sites is 1. The Morgan fingerprint density at radius 2 is 1.61 bits per heavy atom. The molecule has 0 aromatic heterocycles. The summed E-state index contributed by atoms with van der Waals surface area (Å²) in [7, 11) is 3.15. The zero-order valence-electron chi connectivity index (χ0n) is 16.7. The van der Waals surface area contributed by atoms with Gasteiger partial charge in [-0.2, -0.15) is 0 Å². The summed E-state index contributed by atoms with van der Waals surface area (Å²) < 4.78 is 10.5. The molecule has 6 heteroatoms. The molecule has 148 valence electrons. The number of hydrogen-bond acceptors (Lipinski definition) is 4. The van der Waals surface area contributed by atoms with Crippen LogP contribution in [0.5, 0.6) is 11.5 Å². The number of anilines is 1. The second-order valence-corrected chi connectivity index (χ2v) is 7.11. The van der Waals surface area contributed by atoms with Gasteiger partial charge in [0.15, 0.2) is 11.5 Å². The van der Waals surface area contributed by atoms with Gasteiger partial charge in [-0.25, -0.2) is 0 Å². The Balaban J connectivity index is 1.54. The molecule has 0 saturated heterocycles. The normalized spacial score (nSPS) is 17.6. The number of benzene rings is 2. The van der Waals surface area contributed by atoms with E-state index in [1.54, 1.807) is 20.3 Å². The van der Waals surface area contributed by atoms with Gasteiger partial charge >= 0.3 is 0 Å². The Morgan fingerprint density at radius 1 is 0.964 bits per heavy atom. The average Bonchev–Trinajstić information content (AvgIpc) is 3.49. The standard InChI is InChI=1S/C22H26N2O4/c1-13-6-5-7-14(2)20(13)24-22(26)17-11-16(17)21(25)23-12-15-8-9-18(27-3)19(10-15)28-4/h5-10,16-17H,11-12H2,1-4H3,(H,23,25)(H,24,26). The summed E-state index contributed by atoms with van der Waals surface area (Å²) in [5.41, 5.74) is 3.78. The van der Waals surface area contributed by atoms with Crippen LogP contribution in [0.25, 0.3) is 0 Å². The van der Waals surface area contributed by atoms with E-state index in [1.165, 1.54) is 0 Å². The fourth-order valence-corrected chi connectivity index (χ4v) is 3.31. The van der Waals surface area contributed by atoms with E-state index in [-0.39, 0.29) is 23.7 Å². The number of ether oxygens (including phenoxy) is 2. The average molecular weight is 382 g/mol. The third-order valence-corrected chi connectivity index (χ3v) is 5.11. The lowest BCUT2D eigenvalue weighted by atomic mass is 10.1. The maximum atomic E-state index is 12.5. The first-order valence-corrected chi connectivity index (χ1v) is 9.30. The van der Waals surface area contributed by atoms with Crippen molar-refractivity contribution in [3.8, 4) is 11.5 Å². The van der Waals surface area contributed by atoms with Crippen LogP contribution in [0.2, 0.25) is 0 Å². The molecule has 0 aliphatic heterocycles. The van der Waals surface area contributed by atoms with E-state index in [0.29, 0.717) is 24.5 Å². The number of rotatable bonds is 7. The summed E-state index contributed by atoms with van der Waals surface area (Å²) in [4.78, 5) is 24.9. The van der Waals surface area contributed by atoms with Gasteiger partial charge in [-0.05, 0) is 49.1 Å². The highest BCUT2D eigenvalue weighted by Crippen LogP contribution is 2.40. The molecule has 3 rings (SSSR count). The van der Waals surface area contributed by atoms with E-state index in [4.69, 9.17) is 9.47 Å². The third-order valence-electron chi connectivity index (χ3n) is 5.11. The summed E-state index contributed by atoms with van der Waals surface area (Å²) in [6.07, 6.45) is 0.578. The predicted molar refractivity (Wildman–Crippen MR) is 108 cm³/mol. The summed E-state index contributed by atoms with van der Waals surface area (Å²) in [5, 5.41) is 5.88. The van der Waals surface area contributed by atoms with Crippen LogP contribution in [0.4, 0.5) is 5.69 Å². The maximum Gasteiger partial charge on any atom is 0.228 e. The minimum atomic E-state index is -0.274. The number of amides is 2. The molecule has 0 radical (unpaired) electrons. The highest BCUT2D eigenvalue weighted by atomic mass is 16.5. The van der Waals surface area contributed by atoms with Crippen LogP contribution in [0.15, 0.2) is 36.4 Å². The molecule has 1 saturated carbocycles. The Hall–Kier alpha value is -3.02. The van der Waals surface area contributed by atoms with Gasteiger partial charge in [0.1, 0.15) is 0 Å². The van der Waals surface area contributed by atoms with Gasteiger partial charge in [-0.3, -0.25) is 9.59 Å². The van der Waals surface area contributed by atoms with Crippen molar-refractivity contribution in [3.63, 3.8) is 0 Å². The summed E-state index contributed by atoms with van der Waals surface area (Å²) >= 11 is 0. The first kappa shape index (κ1) is 19.7. The van der Waals surface area contributed by atoms with Gasteiger partial charge in [-0.1, -0.05) is 24.3 Å². The van der Waals surface area contributed by atoms with Crippen molar-refractivity contribution >= 4 is 17.5 Å². The van der Waals surface area contributed by atoms with Gasteiger partial charge in [0.25, 0.3) is 0 Å². The van der Waals surface area contributed by atoms with Crippen LogP contribution in [-0.4, -0.2) is 26.0 Å². The second kappa shape index (κ2) is 8.33. The van der Waals surface area contributed by atoms with Crippen molar-refractivity contribution in [1.29, 1.82) is 0 Å². The molecule has 0 heterocycles. The predicted octanol–water partition coefficient (Wildman–Crippen LogP) is 3.21. The highest BCUT2D eigenvalue weighted by molar-refractivity contribution is 6.00. The fourth-order valence-electron chi connectivity index (χ4n) is 3.31. The van der Waals surface area contributed by atoms with Gasteiger partial charge in [0.05, 0.1) is 26.1 Å². The van der Waals surface area contributed by atoms with E-state index in [2.05, 4.69) is 10.6 Å². The van der Waals surface area contributed by atoms with E-state index in [0.717, 1.165) is 22.4 Å². The van der Waals surface area contributed by atoms with Crippen LogP contribution < -0.4 is 20.1 Å². The quantitative estimate of drug-likeness (QED) is 0.771. The number of carbonyl (C=O) groups excluding carboxylic acids is 2. The molecule has 2 atom stereocenters. The van der Waals surface area contributed by atoms with Crippen LogP contribution in [-0.2, 0) is 16.1 Å². The van der Waals surface area contributed by atoms with Crippen molar-refractivity contribution in [1.82, 2.24) is 5.32 Å².